The Morgan fingerprint density at radius 1 is 1.58 bits per heavy atom. The lowest BCUT2D eigenvalue weighted by atomic mass is 10.2. The van der Waals surface area contributed by atoms with Gasteiger partial charge in [-0.15, -0.1) is 11.3 Å². The Bertz CT molecular complexity index is 617. The number of carbonyl (C=O) groups excluding carboxylic acids is 1. The van der Waals surface area contributed by atoms with E-state index in [1.54, 1.807) is 7.05 Å². The largest absolute Gasteiger partial charge is 0.336 e. The zero-order valence-electron chi connectivity index (χ0n) is 10.4. The van der Waals surface area contributed by atoms with E-state index in [4.69, 9.17) is 11.6 Å². The maximum atomic E-state index is 13.1. The molecule has 4 nitrogen and oxygen atoms in total. The van der Waals surface area contributed by atoms with Crippen LogP contribution in [0.1, 0.15) is 21.1 Å². The van der Waals surface area contributed by atoms with Gasteiger partial charge in [-0.1, -0.05) is 11.6 Å². The van der Waals surface area contributed by atoms with Crippen LogP contribution >= 0.6 is 22.9 Å². The van der Waals surface area contributed by atoms with Crippen molar-refractivity contribution in [3.63, 3.8) is 0 Å². The quantitative estimate of drug-likeness (QED) is 0.819. The minimum atomic E-state index is -0.592. The van der Waals surface area contributed by atoms with Crippen LogP contribution in [0.3, 0.4) is 0 Å². The molecule has 19 heavy (non-hydrogen) atoms. The molecule has 7 heteroatoms. The molecule has 0 aliphatic carbocycles. The molecule has 0 atom stereocenters. The first-order valence-corrected chi connectivity index (χ1v) is 6.70. The second-order valence-corrected chi connectivity index (χ2v) is 5.43. The number of aromatic nitrogens is 2. The summed E-state index contributed by atoms with van der Waals surface area (Å²) >= 11 is 7.32. The number of amides is 1. The highest BCUT2D eigenvalue weighted by Gasteiger charge is 2.18. The van der Waals surface area contributed by atoms with Crippen LogP contribution in [-0.2, 0) is 6.54 Å². The fourth-order valence-corrected chi connectivity index (χ4v) is 2.36. The molecule has 0 saturated heterocycles. The van der Waals surface area contributed by atoms with Crippen LogP contribution in [-0.4, -0.2) is 27.8 Å². The zero-order chi connectivity index (χ0) is 14.0. The third-order valence-corrected chi connectivity index (χ3v) is 3.57. The van der Waals surface area contributed by atoms with E-state index in [9.17, 15) is 9.18 Å². The second kappa shape index (κ2) is 5.63. The molecule has 2 aromatic heterocycles. The van der Waals surface area contributed by atoms with Gasteiger partial charge in [0, 0.05) is 12.4 Å². The van der Waals surface area contributed by atoms with Crippen molar-refractivity contribution in [2.24, 2.45) is 0 Å². The third kappa shape index (κ3) is 3.27. The third-order valence-electron chi connectivity index (χ3n) is 2.45. The smallest absolute Gasteiger partial charge is 0.257 e. The molecule has 0 aromatic carbocycles. The van der Waals surface area contributed by atoms with Gasteiger partial charge < -0.3 is 4.90 Å². The Kier molecular flexibility index (Phi) is 4.11. The van der Waals surface area contributed by atoms with Gasteiger partial charge in [0.1, 0.15) is 11.0 Å². The van der Waals surface area contributed by atoms with Gasteiger partial charge in [0.05, 0.1) is 29.0 Å². The molecule has 0 aliphatic rings. The molecule has 0 saturated carbocycles. The predicted molar refractivity (Wildman–Crippen MR) is 71.9 cm³/mol. The lowest BCUT2D eigenvalue weighted by Crippen LogP contribution is -2.27. The molecule has 0 aliphatic heterocycles. The monoisotopic (exact) mass is 299 g/mol. The fourth-order valence-electron chi connectivity index (χ4n) is 1.57. The highest BCUT2D eigenvalue weighted by Crippen LogP contribution is 2.17. The summed E-state index contributed by atoms with van der Waals surface area (Å²) in [4.78, 5) is 21.5. The van der Waals surface area contributed by atoms with E-state index < -0.39 is 5.82 Å². The molecule has 2 aromatic rings. The van der Waals surface area contributed by atoms with E-state index in [0.717, 1.165) is 23.0 Å². The highest BCUT2D eigenvalue weighted by atomic mass is 35.5. The van der Waals surface area contributed by atoms with Crippen LogP contribution in [0.25, 0.3) is 0 Å². The van der Waals surface area contributed by atoms with Crippen molar-refractivity contribution in [3.05, 3.63) is 44.9 Å². The van der Waals surface area contributed by atoms with Crippen molar-refractivity contribution in [1.82, 2.24) is 14.9 Å². The Morgan fingerprint density at radius 2 is 2.32 bits per heavy atom. The van der Waals surface area contributed by atoms with Crippen LogP contribution in [0.15, 0.2) is 17.6 Å². The Hall–Kier alpha value is -1.53. The Labute approximate surface area is 118 Å². The van der Waals surface area contributed by atoms with E-state index >= 15 is 0 Å². The van der Waals surface area contributed by atoms with Crippen LogP contribution in [0.2, 0.25) is 5.15 Å². The summed E-state index contributed by atoms with van der Waals surface area (Å²) < 4.78 is 13.1. The van der Waals surface area contributed by atoms with Gasteiger partial charge in [0.2, 0.25) is 0 Å². The molecular weight excluding hydrogens is 289 g/mol. The average Bonchev–Trinajstić information content (AvgIpc) is 2.77. The molecule has 0 unspecified atom stereocenters. The van der Waals surface area contributed by atoms with Crippen LogP contribution in [0, 0.1) is 12.7 Å². The van der Waals surface area contributed by atoms with Crippen molar-refractivity contribution < 1.29 is 9.18 Å². The summed E-state index contributed by atoms with van der Waals surface area (Å²) in [7, 11) is 1.61. The van der Waals surface area contributed by atoms with Crippen molar-refractivity contribution in [1.29, 1.82) is 0 Å². The van der Waals surface area contributed by atoms with Gasteiger partial charge >= 0.3 is 0 Å². The summed E-state index contributed by atoms with van der Waals surface area (Å²) in [6, 6.07) is 1.08. The van der Waals surface area contributed by atoms with Crippen molar-refractivity contribution in [2.45, 2.75) is 13.5 Å². The minimum Gasteiger partial charge on any atom is -0.336 e. The number of thiazole rings is 1. The van der Waals surface area contributed by atoms with Gasteiger partial charge in [-0.25, -0.2) is 14.4 Å². The molecule has 0 bridgehead atoms. The molecular formula is C12H11ClFN3OS. The van der Waals surface area contributed by atoms with Crippen molar-refractivity contribution >= 4 is 28.8 Å². The molecule has 0 spiro atoms. The standard InChI is InChI=1S/C12H11ClFN3OS/c1-7-16-9(6-19-7)5-17(2)12(18)10-3-8(14)4-15-11(10)13/h3-4,6H,5H2,1-2H3. The normalized spacial score (nSPS) is 10.5. The first-order chi connectivity index (χ1) is 8.97. The van der Waals surface area contributed by atoms with Crippen LogP contribution in [0.5, 0.6) is 0 Å². The van der Waals surface area contributed by atoms with E-state index in [1.807, 2.05) is 12.3 Å². The topological polar surface area (TPSA) is 46.1 Å². The number of halogens is 2. The van der Waals surface area contributed by atoms with Crippen LogP contribution in [0.4, 0.5) is 4.39 Å². The molecule has 0 fully saturated rings. The number of pyridine rings is 1. The lowest BCUT2D eigenvalue weighted by molar-refractivity contribution is 0.0783. The molecule has 0 N–H and O–H groups in total. The van der Waals surface area contributed by atoms with Gasteiger partial charge in [-0.3, -0.25) is 4.79 Å². The molecule has 2 rings (SSSR count). The Morgan fingerprint density at radius 3 is 2.95 bits per heavy atom. The number of nitrogens with zero attached hydrogens (tertiary/aromatic N) is 3. The average molecular weight is 300 g/mol. The minimum absolute atomic E-state index is 0.00675. The number of aryl methyl sites for hydroxylation is 1. The van der Waals surface area contributed by atoms with Gasteiger partial charge in [0.25, 0.3) is 5.91 Å². The van der Waals surface area contributed by atoms with Crippen molar-refractivity contribution in [2.75, 3.05) is 7.05 Å². The van der Waals surface area contributed by atoms with Crippen LogP contribution < -0.4 is 0 Å². The maximum absolute atomic E-state index is 13.1. The van der Waals surface area contributed by atoms with E-state index in [2.05, 4.69) is 9.97 Å². The first-order valence-electron chi connectivity index (χ1n) is 5.45. The van der Waals surface area contributed by atoms with Crippen molar-refractivity contribution in [3.8, 4) is 0 Å². The number of rotatable bonds is 3. The SMILES string of the molecule is Cc1nc(CN(C)C(=O)c2cc(F)cnc2Cl)cs1. The Balaban J connectivity index is 2.16. The summed E-state index contributed by atoms with van der Waals surface area (Å²) in [5.74, 6) is -0.978. The second-order valence-electron chi connectivity index (χ2n) is 4.01. The summed E-state index contributed by atoms with van der Waals surface area (Å²) in [5.41, 5.74) is 0.843. The fraction of sp³-hybridized carbons (Fsp3) is 0.250. The van der Waals surface area contributed by atoms with Gasteiger partial charge in [-0.2, -0.15) is 0 Å². The number of hydrogen-bond donors (Lipinski definition) is 0. The summed E-state index contributed by atoms with van der Waals surface area (Å²) in [6.45, 7) is 2.24. The molecule has 2 heterocycles. The lowest BCUT2D eigenvalue weighted by Gasteiger charge is -2.16. The first kappa shape index (κ1) is 13.9. The predicted octanol–water partition coefficient (Wildman–Crippen LogP) is 2.91. The van der Waals surface area contributed by atoms with E-state index in [1.165, 1.54) is 16.2 Å². The molecule has 1 amide bonds. The number of carbonyl (C=O) groups is 1. The number of hydrogen-bond acceptors (Lipinski definition) is 4. The summed E-state index contributed by atoms with van der Waals surface area (Å²) in [6.07, 6.45) is 0.975. The molecule has 100 valence electrons. The summed E-state index contributed by atoms with van der Waals surface area (Å²) in [5, 5.41) is 2.80. The van der Waals surface area contributed by atoms with E-state index in [-0.39, 0.29) is 16.6 Å². The highest BCUT2D eigenvalue weighted by molar-refractivity contribution is 7.09. The van der Waals surface area contributed by atoms with E-state index in [0.29, 0.717) is 6.54 Å². The van der Waals surface area contributed by atoms with Gasteiger partial charge in [0.15, 0.2) is 0 Å². The maximum Gasteiger partial charge on any atom is 0.257 e. The zero-order valence-corrected chi connectivity index (χ0v) is 11.9. The van der Waals surface area contributed by atoms with Gasteiger partial charge in [-0.05, 0) is 13.0 Å². The molecule has 0 radical (unpaired) electrons.